The highest BCUT2D eigenvalue weighted by atomic mass is 16.5. The second kappa shape index (κ2) is 12.8. The normalized spacial score (nSPS) is 11.5. The smallest absolute Gasteiger partial charge is 0.251 e. The molecule has 2 N–H and O–H groups in total. The fraction of sp³-hybridized carbons (Fsp3) is 0.450. The summed E-state index contributed by atoms with van der Waals surface area (Å²) in [5.41, 5.74) is 2.53. The Morgan fingerprint density at radius 2 is 1.89 bits per heavy atom. The van der Waals surface area contributed by atoms with Crippen LogP contribution < -0.4 is 10.6 Å². The molecule has 0 aliphatic carbocycles. The maximum atomic E-state index is 12.5. The molecule has 7 heteroatoms. The van der Waals surface area contributed by atoms with E-state index in [-0.39, 0.29) is 31.8 Å². The Morgan fingerprint density at radius 1 is 1.19 bits per heavy atom. The van der Waals surface area contributed by atoms with E-state index < -0.39 is 0 Å². The van der Waals surface area contributed by atoms with Gasteiger partial charge < -0.3 is 24.9 Å². The van der Waals surface area contributed by atoms with Crippen LogP contribution >= 0.6 is 0 Å². The fourth-order valence-electron chi connectivity index (χ4n) is 2.32. The van der Waals surface area contributed by atoms with Gasteiger partial charge in [-0.05, 0) is 30.7 Å². The van der Waals surface area contributed by atoms with Crippen LogP contribution in [-0.4, -0.2) is 58.0 Å². The van der Waals surface area contributed by atoms with Crippen molar-refractivity contribution < 1.29 is 23.9 Å². The van der Waals surface area contributed by atoms with E-state index in [2.05, 4.69) is 17.2 Å². The zero-order valence-electron chi connectivity index (χ0n) is 16.0. The molecular formula is C20H28N2O5. The quantitative estimate of drug-likeness (QED) is 0.379. The van der Waals surface area contributed by atoms with Crippen LogP contribution in [0.2, 0.25) is 0 Å². The lowest BCUT2D eigenvalue weighted by Gasteiger charge is -2.19. The third kappa shape index (κ3) is 9.12. The average Bonchev–Trinajstić information content (AvgIpc) is 2.67. The third-order valence-electron chi connectivity index (χ3n) is 3.75. The van der Waals surface area contributed by atoms with E-state index in [0.717, 1.165) is 17.5 Å². The van der Waals surface area contributed by atoms with Crippen LogP contribution in [0.4, 0.5) is 0 Å². The molecular weight excluding hydrogens is 348 g/mol. The minimum Gasteiger partial charge on any atom is -0.392 e. The summed E-state index contributed by atoms with van der Waals surface area (Å²) in [4.78, 5) is 33.9. The van der Waals surface area contributed by atoms with Crippen molar-refractivity contribution >= 4 is 18.5 Å². The standard InChI is InChI=1S/C20H28N2O5/c1-15-9-17(12-24)11-18(10-15)20(25)22-19(13-26-7-4-6-23)14-27-8-5-16(2)21-3/h6,9-12,19,21H,2,4-5,7-8,13-14H2,1,3H3,(H,22,25). The number of carbonyl (C=O) groups excluding carboxylic acids is 3. The first kappa shape index (κ1) is 22.5. The maximum absolute atomic E-state index is 12.5. The van der Waals surface area contributed by atoms with Crippen molar-refractivity contribution in [3.05, 3.63) is 47.2 Å². The Bertz CT molecular complexity index is 645. The van der Waals surface area contributed by atoms with Crippen LogP contribution in [0.5, 0.6) is 0 Å². The SMILES string of the molecule is C=C(CCOCC(COCCC=O)NC(=O)c1cc(C)cc(C=O)c1)NC. The Morgan fingerprint density at radius 3 is 2.52 bits per heavy atom. The molecule has 0 spiro atoms. The summed E-state index contributed by atoms with van der Waals surface area (Å²) in [6.07, 6.45) is 2.44. The van der Waals surface area contributed by atoms with E-state index in [4.69, 9.17) is 9.47 Å². The van der Waals surface area contributed by atoms with Gasteiger partial charge in [-0.3, -0.25) is 9.59 Å². The van der Waals surface area contributed by atoms with Gasteiger partial charge in [0.15, 0.2) is 0 Å². The number of amides is 1. The number of aldehydes is 2. The highest BCUT2D eigenvalue weighted by Gasteiger charge is 2.15. The molecule has 1 unspecified atom stereocenters. The molecule has 0 bridgehead atoms. The van der Waals surface area contributed by atoms with E-state index in [0.29, 0.717) is 36.9 Å². The van der Waals surface area contributed by atoms with Gasteiger partial charge in [-0.25, -0.2) is 0 Å². The first-order chi connectivity index (χ1) is 13.0. The average molecular weight is 376 g/mol. The van der Waals surface area contributed by atoms with E-state index in [1.165, 1.54) is 6.07 Å². The van der Waals surface area contributed by atoms with Gasteiger partial charge in [0.2, 0.25) is 0 Å². The first-order valence-corrected chi connectivity index (χ1v) is 8.82. The van der Waals surface area contributed by atoms with Crippen LogP contribution in [0.25, 0.3) is 0 Å². The lowest BCUT2D eigenvalue weighted by molar-refractivity contribution is -0.108. The summed E-state index contributed by atoms with van der Waals surface area (Å²) in [7, 11) is 1.79. The molecule has 1 rings (SSSR count). The highest BCUT2D eigenvalue weighted by Crippen LogP contribution is 2.09. The molecule has 0 saturated carbocycles. The van der Waals surface area contributed by atoms with Gasteiger partial charge in [-0.15, -0.1) is 0 Å². The molecule has 0 aliphatic heterocycles. The maximum Gasteiger partial charge on any atom is 0.251 e. The van der Waals surface area contributed by atoms with Crippen molar-refractivity contribution in [1.82, 2.24) is 10.6 Å². The van der Waals surface area contributed by atoms with Gasteiger partial charge in [0.1, 0.15) is 12.6 Å². The van der Waals surface area contributed by atoms with Gasteiger partial charge in [-0.2, -0.15) is 0 Å². The molecule has 0 heterocycles. The van der Waals surface area contributed by atoms with Crippen LogP contribution in [0.1, 0.15) is 39.1 Å². The number of hydrogen-bond donors (Lipinski definition) is 2. The van der Waals surface area contributed by atoms with Crippen LogP contribution in [0.3, 0.4) is 0 Å². The Kier molecular flexibility index (Phi) is 10.7. The fourth-order valence-corrected chi connectivity index (χ4v) is 2.32. The number of nitrogens with one attached hydrogen (secondary N) is 2. The van der Waals surface area contributed by atoms with Crippen LogP contribution in [0, 0.1) is 6.92 Å². The summed E-state index contributed by atoms with van der Waals surface area (Å²) < 4.78 is 11.0. The molecule has 1 aromatic carbocycles. The Balaban J connectivity index is 2.65. The summed E-state index contributed by atoms with van der Waals surface area (Å²) in [6.45, 7) is 6.87. The topological polar surface area (TPSA) is 93.7 Å². The van der Waals surface area contributed by atoms with Crippen LogP contribution in [-0.2, 0) is 14.3 Å². The Labute approximate surface area is 160 Å². The molecule has 27 heavy (non-hydrogen) atoms. The molecule has 1 amide bonds. The number of carbonyl (C=O) groups is 3. The third-order valence-corrected chi connectivity index (χ3v) is 3.75. The summed E-state index contributed by atoms with van der Waals surface area (Å²) in [6, 6.07) is 4.58. The van der Waals surface area contributed by atoms with Crippen LogP contribution in [0.15, 0.2) is 30.5 Å². The van der Waals surface area contributed by atoms with E-state index in [1.54, 1.807) is 19.2 Å². The van der Waals surface area contributed by atoms with Crippen molar-refractivity contribution in [1.29, 1.82) is 0 Å². The monoisotopic (exact) mass is 376 g/mol. The van der Waals surface area contributed by atoms with E-state index in [1.807, 2.05) is 6.92 Å². The van der Waals surface area contributed by atoms with E-state index in [9.17, 15) is 14.4 Å². The van der Waals surface area contributed by atoms with Crippen molar-refractivity contribution in [3.63, 3.8) is 0 Å². The number of ether oxygens (including phenoxy) is 2. The Hall–Kier alpha value is -2.51. The molecule has 0 radical (unpaired) electrons. The molecule has 1 atom stereocenters. The highest BCUT2D eigenvalue weighted by molar-refractivity contribution is 5.96. The molecule has 0 aliphatic rings. The summed E-state index contributed by atoms with van der Waals surface area (Å²) >= 11 is 0. The molecule has 0 aromatic heterocycles. The largest absolute Gasteiger partial charge is 0.392 e. The van der Waals surface area contributed by atoms with Gasteiger partial charge in [-0.1, -0.05) is 6.58 Å². The zero-order chi connectivity index (χ0) is 20.1. The molecule has 0 fully saturated rings. The number of benzene rings is 1. The van der Waals surface area contributed by atoms with Gasteiger partial charge in [0, 0.05) is 36.7 Å². The second-order valence-electron chi connectivity index (χ2n) is 6.13. The van der Waals surface area contributed by atoms with Crippen molar-refractivity contribution in [2.24, 2.45) is 0 Å². The lowest BCUT2D eigenvalue weighted by Crippen LogP contribution is -2.42. The van der Waals surface area contributed by atoms with Gasteiger partial charge in [0.25, 0.3) is 5.91 Å². The number of aryl methyl sites for hydroxylation is 1. The second-order valence-corrected chi connectivity index (χ2v) is 6.13. The van der Waals surface area contributed by atoms with E-state index >= 15 is 0 Å². The molecule has 0 saturated heterocycles. The number of rotatable bonds is 14. The lowest BCUT2D eigenvalue weighted by atomic mass is 10.1. The first-order valence-electron chi connectivity index (χ1n) is 8.82. The predicted molar refractivity (Wildman–Crippen MR) is 103 cm³/mol. The van der Waals surface area contributed by atoms with Crippen molar-refractivity contribution in [3.8, 4) is 0 Å². The van der Waals surface area contributed by atoms with Crippen molar-refractivity contribution in [2.75, 3.05) is 33.5 Å². The zero-order valence-corrected chi connectivity index (χ0v) is 16.0. The number of hydrogen-bond acceptors (Lipinski definition) is 6. The predicted octanol–water partition coefficient (Wildman–Crippen LogP) is 1.65. The molecule has 148 valence electrons. The summed E-state index contributed by atoms with van der Waals surface area (Å²) in [5, 5.41) is 5.80. The van der Waals surface area contributed by atoms with Gasteiger partial charge in [0.05, 0.1) is 32.5 Å². The van der Waals surface area contributed by atoms with Crippen molar-refractivity contribution in [2.45, 2.75) is 25.8 Å². The molecule has 1 aromatic rings. The summed E-state index contributed by atoms with van der Waals surface area (Å²) in [5.74, 6) is -0.311. The minimum absolute atomic E-state index is 0.221. The minimum atomic E-state index is -0.382. The molecule has 7 nitrogen and oxygen atoms in total. The van der Waals surface area contributed by atoms with Gasteiger partial charge >= 0.3 is 0 Å².